The van der Waals surface area contributed by atoms with E-state index in [0.29, 0.717) is 0 Å². The number of hydrogen-bond donors (Lipinski definition) is 1. The van der Waals surface area contributed by atoms with Crippen molar-refractivity contribution in [1.29, 1.82) is 0 Å². The van der Waals surface area contributed by atoms with Crippen LogP contribution in [0.25, 0.3) is 0 Å². The summed E-state index contributed by atoms with van der Waals surface area (Å²) in [5, 5.41) is 7.68. The highest BCUT2D eigenvalue weighted by Crippen LogP contribution is 2.18. The predicted octanol–water partition coefficient (Wildman–Crippen LogP) is 2.34. The molecule has 0 saturated heterocycles. The zero-order chi connectivity index (χ0) is 13.8. The van der Waals surface area contributed by atoms with Gasteiger partial charge in [-0.1, -0.05) is 12.1 Å². The summed E-state index contributed by atoms with van der Waals surface area (Å²) < 4.78 is 7.16. The maximum atomic E-state index is 5.26. The number of nitrogens with one attached hydrogen (secondary N) is 1. The monoisotopic (exact) mass is 259 g/mol. The topological polar surface area (TPSA) is 39.1 Å². The largest absolute Gasteiger partial charge is 0.496 e. The van der Waals surface area contributed by atoms with Crippen LogP contribution in [-0.4, -0.2) is 16.9 Å². The minimum Gasteiger partial charge on any atom is -0.496 e. The van der Waals surface area contributed by atoms with E-state index in [1.54, 1.807) is 7.11 Å². The van der Waals surface area contributed by atoms with E-state index < -0.39 is 0 Å². The van der Waals surface area contributed by atoms with Gasteiger partial charge in [0, 0.05) is 31.4 Å². The molecule has 0 radical (unpaired) electrons. The number of nitrogens with zero attached hydrogens (tertiary/aromatic N) is 2. The lowest BCUT2D eigenvalue weighted by Crippen LogP contribution is -2.13. The Morgan fingerprint density at radius 3 is 2.63 bits per heavy atom. The first-order valence-electron chi connectivity index (χ1n) is 6.43. The number of aromatic nitrogens is 2. The van der Waals surface area contributed by atoms with Gasteiger partial charge in [-0.2, -0.15) is 5.10 Å². The summed E-state index contributed by atoms with van der Waals surface area (Å²) in [6.07, 6.45) is 1.92. The van der Waals surface area contributed by atoms with Crippen LogP contribution in [0, 0.1) is 13.8 Å². The molecule has 1 heterocycles. The standard InChI is InChI=1S/C15H21N3O/c1-11-7-13(5-6-15(11)19-4)8-16-9-14-10-17-18(3)12(14)2/h5-7,10,16H,8-9H2,1-4H3. The summed E-state index contributed by atoms with van der Waals surface area (Å²) in [7, 11) is 3.66. The third-order valence-electron chi connectivity index (χ3n) is 3.44. The van der Waals surface area contributed by atoms with Crippen molar-refractivity contribution in [1.82, 2.24) is 15.1 Å². The lowest BCUT2D eigenvalue weighted by molar-refractivity contribution is 0.411. The van der Waals surface area contributed by atoms with E-state index in [1.807, 2.05) is 24.0 Å². The Hall–Kier alpha value is -1.81. The highest BCUT2D eigenvalue weighted by molar-refractivity contribution is 5.36. The van der Waals surface area contributed by atoms with Crippen molar-refractivity contribution in [3.05, 3.63) is 46.8 Å². The fraction of sp³-hybridized carbons (Fsp3) is 0.400. The molecule has 2 rings (SSSR count). The molecule has 4 heteroatoms. The zero-order valence-corrected chi connectivity index (χ0v) is 12.0. The molecule has 0 fully saturated rings. The minimum absolute atomic E-state index is 0.838. The van der Waals surface area contributed by atoms with Crippen LogP contribution in [0.15, 0.2) is 24.4 Å². The predicted molar refractivity (Wildman–Crippen MR) is 76.2 cm³/mol. The number of hydrogen-bond acceptors (Lipinski definition) is 3. The lowest BCUT2D eigenvalue weighted by Gasteiger charge is -2.08. The number of aryl methyl sites for hydroxylation is 2. The van der Waals surface area contributed by atoms with E-state index in [0.717, 1.165) is 18.8 Å². The van der Waals surface area contributed by atoms with Crippen LogP contribution in [0.4, 0.5) is 0 Å². The van der Waals surface area contributed by atoms with Crippen molar-refractivity contribution in [2.24, 2.45) is 7.05 Å². The SMILES string of the molecule is COc1ccc(CNCc2cnn(C)c2C)cc1C. The lowest BCUT2D eigenvalue weighted by atomic mass is 10.1. The molecule has 1 N–H and O–H groups in total. The van der Waals surface area contributed by atoms with E-state index in [9.17, 15) is 0 Å². The van der Waals surface area contributed by atoms with Crippen LogP contribution in [0.3, 0.4) is 0 Å². The van der Waals surface area contributed by atoms with Gasteiger partial charge in [0.05, 0.1) is 13.3 Å². The van der Waals surface area contributed by atoms with Gasteiger partial charge in [-0.25, -0.2) is 0 Å². The van der Waals surface area contributed by atoms with Gasteiger partial charge in [0.25, 0.3) is 0 Å². The summed E-state index contributed by atoms with van der Waals surface area (Å²) in [4.78, 5) is 0. The van der Waals surface area contributed by atoms with Crippen molar-refractivity contribution in [2.45, 2.75) is 26.9 Å². The molecule has 0 spiro atoms. The van der Waals surface area contributed by atoms with Gasteiger partial charge < -0.3 is 10.1 Å². The zero-order valence-electron chi connectivity index (χ0n) is 12.0. The van der Waals surface area contributed by atoms with Crippen molar-refractivity contribution in [3.63, 3.8) is 0 Å². The van der Waals surface area contributed by atoms with Crippen LogP contribution < -0.4 is 10.1 Å². The Bertz CT molecular complexity index is 561. The fourth-order valence-electron chi connectivity index (χ4n) is 2.11. The third kappa shape index (κ3) is 3.15. The molecule has 0 aliphatic heterocycles. The average molecular weight is 259 g/mol. The van der Waals surface area contributed by atoms with E-state index in [-0.39, 0.29) is 0 Å². The first kappa shape index (κ1) is 13.6. The molecule has 0 aliphatic carbocycles. The summed E-state index contributed by atoms with van der Waals surface area (Å²) in [5.74, 6) is 0.937. The number of ether oxygens (including phenoxy) is 1. The van der Waals surface area contributed by atoms with Crippen LogP contribution in [0.1, 0.15) is 22.4 Å². The van der Waals surface area contributed by atoms with Crippen molar-refractivity contribution in [2.75, 3.05) is 7.11 Å². The Kier molecular flexibility index (Phi) is 4.22. The van der Waals surface area contributed by atoms with Gasteiger partial charge >= 0.3 is 0 Å². The van der Waals surface area contributed by atoms with Crippen LogP contribution >= 0.6 is 0 Å². The Balaban J connectivity index is 1.92. The van der Waals surface area contributed by atoms with Crippen molar-refractivity contribution >= 4 is 0 Å². The second kappa shape index (κ2) is 5.89. The summed E-state index contributed by atoms with van der Waals surface area (Å²) in [6, 6.07) is 6.26. The highest BCUT2D eigenvalue weighted by Gasteiger charge is 2.03. The van der Waals surface area contributed by atoms with E-state index >= 15 is 0 Å². The summed E-state index contributed by atoms with van der Waals surface area (Å²) >= 11 is 0. The highest BCUT2D eigenvalue weighted by atomic mass is 16.5. The number of rotatable bonds is 5. The van der Waals surface area contributed by atoms with Gasteiger partial charge in [-0.15, -0.1) is 0 Å². The summed E-state index contributed by atoms with van der Waals surface area (Å²) in [6.45, 7) is 5.83. The molecular weight excluding hydrogens is 238 g/mol. The first-order valence-corrected chi connectivity index (χ1v) is 6.43. The third-order valence-corrected chi connectivity index (χ3v) is 3.44. The molecule has 19 heavy (non-hydrogen) atoms. The molecule has 0 bridgehead atoms. The van der Waals surface area contributed by atoms with E-state index in [2.05, 4.69) is 36.4 Å². The Morgan fingerprint density at radius 1 is 1.26 bits per heavy atom. The maximum Gasteiger partial charge on any atom is 0.121 e. The first-order chi connectivity index (χ1) is 9.11. The molecule has 1 aromatic heterocycles. The second-order valence-corrected chi connectivity index (χ2v) is 4.79. The average Bonchev–Trinajstić information content (AvgIpc) is 2.71. The normalized spacial score (nSPS) is 10.7. The Morgan fingerprint density at radius 2 is 2.05 bits per heavy atom. The summed E-state index contributed by atoms with van der Waals surface area (Å²) in [5.41, 5.74) is 4.88. The molecule has 0 amide bonds. The van der Waals surface area contributed by atoms with Gasteiger partial charge in [-0.05, 0) is 31.0 Å². The molecule has 1 aromatic carbocycles. The maximum absolute atomic E-state index is 5.26. The van der Waals surface area contributed by atoms with Gasteiger partial charge in [0.1, 0.15) is 5.75 Å². The molecule has 0 aliphatic rings. The molecule has 2 aromatic rings. The van der Waals surface area contributed by atoms with Crippen molar-refractivity contribution in [3.8, 4) is 5.75 Å². The molecule has 0 atom stereocenters. The van der Waals surface area contributed by atoms with Gasteiger partial charge in [-0.3, -0.25) is 4.68 Å². The molecule has 102 valence electrons. The number of benzene rings is 1. The van der Waals surface area contributed by atoms with E-state index in [4.69, 9.17) is 4.74 Å². The minimum atomic E-state index is 0.838. The van der Waals surface area contributed by atoms with Gasteiger partial charge in [0.2, 0.25) is 0 Å². The second-order valence-electron chi connectivity index (χ2n) is 4.79. The van der Waals surface area contributed by atoms with Crippen LogP contribution in [-0.2, 0) is 20.1 Å². The van der Waals surface area contributed by atoms with Crippen LogP contribution in [0.2, 0.25) is 0 Å². The van der Waals surface area contributed by atoms with Crippen LogP contribution in [0.5, 0.6) is 5.75 Å². The van der Waals surface area contributed by atoms with Crippen molar-refractivity contribution < 1.29 is 4.74 Å². The fourth-order valence-corrected chi connectivity index (χ4v) is 2.11. The molecule has 0 unspecified atom stereocenters. The van der Waals surface area contributed by atoms with Gasteiger partial charge in [0.15, 0.2) is 0 Å². The smallest absolute Gasteiger partial charge is 0.121 e. The molecular formula is C15H21N3O. The quantitative estimate of drug-likeness (QED) is 0.895. The molecule has 4 nitrogen and oxygen atoms in total. The molecule has 0 saturated carbocycles. The number of methoxy groups -OCH3 is 1. The Labute approximate surface area is 114 Å². The van der Waals surface area contributed by atoms with E-state index in [1.165, 1.54) is 22.4 Å².